The zero-order valence-corrected chi connectivity index (χ0v) is 15.8. The zero-order chi connectivity index (χ0) is 19.6. The number of rotatable bonds is 4. The van der Waals surface area contributed by atoms with Gasteiger partial charge < -0.3 is 19.7 Å². The summed E-state index contributed by atoms with van der Waals surface area (Å²) < 4.78 is 24.5. The summed E-state index contributed by atoms with van der Waals surface area (Å²) in [6, 6.07) is 7.90. The van der Waals surface area contributed by atoms with Gasteiger partial charge in [-0.1, -0.05) is 12.1 Å². The molecule has 2 saturated heterocycles. The fourth-order valence-corrected chi connectivity index (χ4v) is 3.56. The molecular formula is C20H23FN4O3. The van der Waals surface area contributed by atoms with Gasteiger partial charge in [-0.05, 0) is 24.6 Å². The SMILES string of the molecule is Cc1nc(NCc2ccc(F)cc2)cc(C(=O)N2CCC3(CC2)OCCO3)n1. The summed E-state index contributed by atoms with van der Waals surface area (Å²) in [6.45, 7) is 4.60. The van der Waals surface area contributed by atoms with Gasteiger partial charge in [0, 0.05) is 38.5 Å². The van der Waals surface area contributed by atoms with E-state index in [0.29, 0.717) is 63.0 Å². The van der Waals surface area contributed by atoms with Crippen LogP contribution >= 0.6 is 0 Å². The number of hydrogen-bond acceptors (Lipinski definition) is 6. The molecule has 8 heteroatoms. The van der Waals surface area contributed by atoms with E-state index in [2.05, 4.69) is 15.3 Å². The molecule has 0 unspecified atom stereocenters. The summed E-state index contributed by atoms with van der Waals surface area (Å²) in [6.07, 6.45) is 1.33. The molecule has 1 spiro atoms. The van der Waals surface area contributed by atoms with Crippen LogP contribution in [-0.2, 0) is 16.0 Å². The Morgan fingerprint density at radius 2 is 1.86 bits per heavy atom. The van der Waals surface area contributed by atoms with E-state index in [0.717, 1.165) is 5.56 Å². The van der Waals surface area contributed by atoms with Gasteiger partial charge in [0.25, 0.3) is 5.91 Å². The number of nitrogens with one attached hydrogen (secondary N) is 1. The smallest absolute Gasteiger partial charge is 0.272 e. The highest BCUT2D eigenvalue weighted by molar-refractivity contribution is 5.93. The second-order valence-corrected chi connectivity index (χ2v) is 7.07. The molecule has 1 aromatic heterocycles. The molecule has 28 heavy (non-hydrogen) atoms. The number of amides is 1. The highest BCUT2D eigenvalue weighted by Crippen LogP contribution is 2.31. The van der Waals surface area contributed by atoms with Gasteiger partial charge in [-0.2, -0.15) is 0 Å². The number of aromatic nitrogens is 2. The van der Waals surface area contributed by atoms with Gasteiger partial charge in [0.2, 0.25) is 0 Å². The molecule has 2 aliphatic heterocycles. The lowest BCUT2D eigenvalue weighted by Crippen LogP contribution is -2.47. The molecule has 0 bridgehead atoms. The van der Waals surface area contributed by atoms with Crippen molar-refractivity contribution in [1.82, 2.24) is 14.9 Å². The van der Waals surface area contributed by atoms with Crippen molar-refractivity contribution in [2.24, 2.45) is 0 Å². The van der Waals surface area contributed by atoms with Gasteiger partial charge in [0.15, 0.2) is 5.79 Å². The molecule has 2 aliphatic rings. The second kappa shape index (κ2) is 7.81. The summed E-state index contributed by atoms with van der Waals surface area (Å²) in [5.74, 6) is 0.175. The first-order valence-electron chi connectivity index (χ1n) is 9.44. The first kappa shape index (κ1) is 18.8. The molecular weight excluding hydrogens is 363 g/mol. The van der Waals surface area contributed by atoms with Crippen molar-refractivity contribution < 1.29 is 18.7 Å². The molecule has 4 rings (SSSR count). The number of nitrogens with zero attached hydrogens (tertiary/aromatic N) is 3. The number of ether oxygens (including phenoxy) is 2. The quantitative estimate of drug-likeness (QED) is 0.870. The van der Waals surface area contributed by atoms with Crippen LogP contribution in [0.4, 0.5) is 10.2 Å². The maximum atomic E-state index is 13.0. The molecule has 1 amide bonds. The Morgan fingerprint density at radius 1 is 1.18 bits per heavy atom. The number of carbonyl (C=O) groups is 1. The summed E-state index contributed by atoms with van der Waals surface area (Å²) in [5.41, 5.74) is 1.28. The van der Waals surface area contributed by atoms with Crippen LogP contribution in [0.2, 0.25) is 0 Å². The molecule has 0 atom stereocenters. The molecule has 0 saturated carbocycles. The van der Waals surface area contributed by atoms with Crippen molar-refractivity contribution in [2.45, 2.75) is 32.1 Å². The third-order valence-electron chi connectivity index (χ3n) is 5.07. The van der Waals surface area contributed by atoms with E-state index in [1.165, 1.54) is 12.1 Å². The number of carbonyl (C=O) groups excluding carboxylic acids is 1. The Labute approximate surface area is 162 Å². The van der Waals surface area contributed by atoms with Crippen LogP contribution in [0.1, 0.15) is 34.7 Å². The van der Waals surface area contributed by atoms with Crippen LogP contribution in [0.3, 0.4) is 0 Å². The largest absolute Gasteiger partial charge is 0.366 e. The van der Waals surface area contributed by atoms with E-state index < -0.39 is 5.79 Å². The highest BCUT2D eigenvalue weighted by atomic mass is 19.1. The predicted octanol–water partition coefficient (Wildman–Crippen LogP) is 2.52. The van der Waals surface area contributed by atoms with Crippen LogP contribution in [0.25, 0.3) is 0 Å². The van der Waals surface area contributed by atoms with E-state index in [1.807, 2.05) is 0 Å². The summed E-state index contributed by atoms with van der Waals surface area (Å²) in [5, 5.41) is 3.17. The van der Waals surface area contributed by atoms with Gasteiger partial charge in [-0.15, -0.1) is 0 Å². The van der Waals surface area contributed by atoms with Crippen molar-refractivity contribution >= 4 is 11.7 Å². The third kappa shape index (κ3) is 4.13. The summed E-state index contributed by atoms with van der Waals surface area (Å²) in [4.78, 5) is 23.3. The minimum atomic E-state index is -0.514. The average Bonchev–Trinajstić information content (AvgIpc) is 3.15. The Kier molecular flexibility index (Phi) is 5.23. The van der Waals surface area contributed by atoms with E-state index in [4.69, 9.17) is 9.47 Å². The van der Waals surface area contributed by atoms with E-state index in [1.54, 1.807) is 30.0 Å². The van der Waals surface area contributed by atoms with Crippen LogP contribution in [-0.4, -0.2) is 52.9 Å². The van der Waals surface area contributed by atoms with Crippen LogP contribution in [0.5, 0.6) is 0 Å². The number of anilines is 1. The maximum absolute atomic E-state index is 13.0. The normalized spacial score (nSPS) is 18.4. The predicted molar refractivity (Wildman–Crippen MR) is 100 cm³/mol. The highest BCUT2D eigenvalue weighted by Gasteiger charge is 2.41. The molecule has 0 aliphatic carbocycles. The molecule has 0 radical (unpaired) electrons. The first-order chi connectivity index (χ1) is 13.5. The van der Waals surface area contributed by atoms with Gasteiger partial charge >= 0.3 is 0 Å². The minimum Gasteiger partial charge on any atom is -0.366 e. The number of benzene rings is 1. The van der Waals surface area contributed by atoms with Crippen molar-refractivity contribution in [1.29, 1.82) is 0 Å². The molecule has 3 heterocycles. The van der Waals surface area contributed by atoms with Crippen LogP contribution in [0.15, 0.2) is 30.3 Å². The molecule has 148 valence electrons. The van der Waals surface area contributed by atoms with Gasteiger partial charge in [-0.3, -0.25) is 4.79 Å². The fourth-order valence-electron chi connectivity index (χ4n) is 3.56. The average molecular weight is 386 g/mol. The molecule has 2 aromatic rings. The van der Waals surface area contributed by atoms with Crippen molar-refractivity contribution in [3.63, 3.8) is 0 Å². The Balaban J connectivity index is 1.41. The standard InChI is InChI=1S/C20H23FN4O3/c1-14-23-17(12-18(24-14)22-13-15-2-4-16(21)5-3-15)19(26)25-8-6-20(7-9-25)27-10-11-28-20/h2-5,12H,6-11,13H2,1H3,(H,22,23,24). The van der Waals surface area contributed by atoms with Crippen LogP contribution < -0.4 is 5.32 Å². The monoisotopic (exact) mass is 386 g/mol. The fraction of sp³-hybridized carbons (Fsp3) is 0.450. The molecule has 7 nitrogen and oxygen atoms in total. The first-order valence-corrected chi connectivity index (χ1v) is 9.44. The zero-order valence-electron chi connectivity index (χ0n) is 15.8. The third-order valence-corrected chi connectivity index (χ3v) is 5.07. The topological polar surface area (TPSA) is 76.6 Å². The van der Waals surface area contributed by atoms with Gasteiger partial charge in [0.05, 0.1) is 13.2 Å². The Bertz CT molecular complexity index is 843. The second-order valence-electron chi connectivity index (χ2n) is 7.07. The number of hydrogen-bond donors (Lipinski definition) is 1. The summed E-state index contributed by atoms with van der Waals surface area (Å²) >= 11 is 0. The number of halogens is 1. The number of aryl methyl sites for hydroxylation is 1. The van der Waals surface area contributed by atoms with Gasteiger partial charge in [0.1, 0.15) is 23.2 Å². The van der Waals surface area contributed by atoms with Crippen LogP contribution in [0, 0.1) is 12.7 Å². The lowest BCUT2D eigenvalue weighted by atomic mass is 10.0. The molecule has 1 N–H and O–H groups in total. The van der Waals surface area contributed by atoms with Crippen molar-refractivity contribution in [2.75, 3.05) is 31.6 Å². The van der Waals surface area contributed by atoms with Crippen molar-refractivity contribution in [3.05, 3.63) is 53.2 Å². The van der Waals surface area contributed by atoms with E-state index in [9.17, 15) is 9.18 Å². The Hall–Kier alpha value is -2.58. The Morgan fingerprint density at radius 3 is 2.54 bits per heavy atom. The van der Waals surface area contributed by atoms with E-state index >= 15 is 0 Å². The molecule has 1 aromatic carbocycles. The van der Waals surface area contributed by atoms with Crippen molar-refractivity contribution in [3.8, 4) is 0 Å². The maximum Gasteiger partial charge on any atom is 0.272 e. The number of piperidine rings is 1. The summed E-state index contributed by atoms with van der Waals surface area (Å²) in [7, 11) is 0. The minimum absolute atomic E-state index is 0.122. The lowest BCUT2D eigenvalue weighted by molar-refractivity contribution is -0.181. The molecule has 2 fully saturated rings. The van der Waals surface area contributed by atoms with Gasteiger partial charge in [-0.25, -0.2) is 14.4 Å². The lowest BCUT2D eigenvalue weighted by Gasteiger charge is -2.37. The number of likely N-dealkylation sites (tertiary alicyclic amines) is 1. The van der Waals surface area contributed by atoms with E-state index in [-0.39, 0.29) is 11.7 Å².